The minimum atomic E-state index is 0. The van der Waals surface area contributed by atoms with Gasteiger partial charge in [-0.1, -0.05) is 57.5 Å². The molecule has 49 heavy (non-hydrogen) atoms. The van der Waals surface area contributed by atoms with Crippen molar-refractivity contribution in [3.8, 4) is 34.1 Å². The summed E-state index contributed by atoms with van der Waals surface area (Å²) in [5.74, 6) is 2.61. The van der Waals surface area contributed by atoms with Gasteiger partial charge in [-0.25, -0.2) is 4.98 Å². The zero-order chi connectivity index (χ0) is 33.5. The molecule has 0 aliphatic rings. The summed E-state index contributed by atoms with van der Waals surface area (Å²) in [6.07, 6.45) is 8.87. The fraction of sp³-hybridized carbons (Fsp3) is 0.256. The number of ether oxygens (including phenoxy) is 1. The number of aryl methyl sites for hydroxylation is 3. The number of para-hydroxylation sites is 1. The Labute approximate surface area is 304 Å². The van der Waals surface area contributed by atoms with Gasteiger partial charge in [-0.2, -0.15) is 16.7 Å². The maximum absolute atomic E-state index is 6.59. The largest absolute Gasteiger partial charge is 2.00 e. The molecule has 0 aliphatic carbocycles. The van der Waals surface area contributed by atoms with Crippen molar-refractivity contribution in [2.24, 2.45) is 5.92 Å². The summed E-state index contributed by atoms with van der Waals surface area (Å²) >= 11 is 0. The molecular weight excluding hydrogens is 784 g/mol. The third-order valence-electron chi connectivity index (χ3n) is 9.25. The summed E-state index contributed by atoms with van der Waals surface area (Å²) in [5, 5.41) is 7.13. The Morgan fingerprint density at radius 1 is 0.816 bits per heavy atom. The van der Waals surface area contributed by atoms with Crippen molar-refractivity contribution >= 4 is 21.8 Å². The third kappa shape index (κ3) is 6.62. The van der Waals surface area contributed by atoms with E-state index in [0.29, 0.717) is 17.4 Å². The monoisotopic (exact) mass is 825 g/mol. The maximum Gasteiger partial charge on any atom is 2.00 e. The second-order valence-corrected chi connectivity index (χ2v) is 13.3. The number of benzene rings is 4. The molecule has 3 aromatic heterocycles. The van der Waals surface area contributed by atoms with E-state index < -0.39 is 0 Å². The van der Waals surface area contributed by atoms with Gasteiger partial charge >= 0.3 is 21.1 Å². The van der Waals surface area contributed by atoms with Gasteiger partial charge in [0.05, 0.1) is 6.20 Å². The minimum Gasteiger partial charge on any atom is -0.509 e. The van der Waals surface area contributed by atoms with Crippen LogP contribution in [0.3, 0.4) is 0 Å². The topological polar surface area (TPSA) is 44.9 Å². The molecule has 4 aromatic carbocycles. The fourth-order valence-corrected chi connectivity index (χ4v) is 7.20. The number of hydrogen-bond donors (Lipinski definition) is 0. The first kappa shape index (κ1) is 34.4. The van der Waals surface area contributed by atoms with Crippen LogP contribution < -0.4 is 4.74 Å². The SMILES string of the molecule is CCc1c(C)cc(C)c(CC)c1-c1cnn(-c2[c-]c(Oc3[c-]c4c(cc3)c3ccccc3n4-c3cc(C)ccn3)cc(CC(C)C)c2)c1.[Pt+2]. The molecule has 7 rings (SSSR count). The molecule has 3 heterocycles. The quantitative estimate of drug-likeness (QED) is 0.136. The number of hydrogen-bond acceptors (Lipinski definition) is 3. The van der Waals surface area contributed by atoms with Gasteiger partial charge < -0.3 is 9.30 Å². The molecule has 0 saturated carbocycles. The second kappa shape index (κ2) is 14.2. The van der Waals surface area contributed by atoms with E-state index in [4.69, 9.17) is 14.8 Å². The van der Waals surface area contributed by atoms with Crippen molar-refractivity contribution in [3.05, 3.63) is 131 Å². The summed E-state index contributed by atoms with van der Waals surface area (Å²) in [6.45, 7) is 15.5. The maximum atomic E-state index is 6.59. The van der Waals surface area contributed by atoms with Gasteiger partial charge in [-0.3, -0.25) is 4.68 Å². The van der Waals surface area contributed by atoms with Crippen molar-refractivity contribution < 1.29 is 25.8 Å². The smallest absolute Gasteiger partial charge is 0.509 e. The van der Waals surface area contributed by atoms with E-state index in [1.165, 1.54) is 33.4 Å². The van der Waals surface area contributed by atoms with Crippen LogP contribution in [0.2, 0.25) is 0 Å². The van der Waals surface area contributed by atoms with Crippen molar-refractivity contribution in [2.45, 2.75) is 67.7 Å². The summed E-state index contributed by atoms with van der Waals surface area (Å²) < 4.78 is 10.7. The molecule has 0 fully saturated rings. The number of rotatable bonds is 9. The molecule has 0 N–H and O–H groups in total. The Bertz CT molecular complexity index is 2270. The Morgan fingerprint density at radius 3 is 2.29 bits per heavy atom. The Balaban J connectivity index is 0.00000417. The molecule has 7 aromatic rings. The van der Waals surface area contributed by atoms with Crippen LogP contribution in [0.15, 0.2) is 85.3 Å². The zero-order valence-corrected chi connectivity index (χ0v) is 31.6. The van der Waals surface area contributed by atoms with E-state index in [2.05, 4.69) is 126 Å². The molecule has 0 unspecified atom stereocenters. The Kier molecular flexibility index (Phi) is 9.95. The van der Waals surface area contributed by atoms with Gasteiger partial charge in [0.25, 0.3) is 0 Å². The average Bonchev–Trinajstić information content (AvgIpc) is 3.67. The molecule has 5 nitrogen and oxygen atoms in total. The van der Waals surface area contributed by atoms with E-state index in [-0.39, 0.29) is 21.1 Å². The molecule has 0 radical (unpaired) electrons. The summed E-state index contributed by atoms with van der Waals surface area (Å²) in [6, 6.07) is 30.4. The van der Waals surface area contributed by atoms with Crippen LogP contribution in [0.4, 0.5) is 0 Å². The van der Waals surface area contributed by atoms with Gasteiger partial charge in [-0.05, 0) is 109 Å². The van der Waals surface area contributed by atoms with E-state index in [1.807, 2.05) is 29.2 Å². The van der Waals surface area contributed by atoms with Crippen LogP contribution in [-0.2, 0) is 40.3 Å². The van der Waals surface area contributed by atoms with Crippen LogP contribution in [0.1, 0.15) is 61.1 Å². The van der Waals surface area contributed by atoms with E-state index in [0.717, 1.165) is 63.7 Å². The average molecular weight is 826 g/mol. The van der Waals surface area contributed by atoms with E-state index in [1.54, 1.807) is 0 Å². The molecule has 0 aliphatic heterocycles. The Morgan fingerprint density at radius 2 is 1.57 bits per heavy atom. The summed E-state index contributed by atoms with van der Waals surface area (Å²) in [5.41, 5.74) is 13.1. The van der Waals surface area contributed by atoms with Crippen molar-refractivity contribution in [1.29, 1.82) is 0 Å². The van der Waals surface area contributed by atoms with Gasteiger partial charge in [0.2, 0.25) is 0 Å². The van der Waals surface area contributed by atoms with E-state index >= 15 is 0 Å². The standard InChI is InChI=1S/C43H42N4O.Pt/c1-8-36-29(6)20-30(7)37(9-2)43(36)32-25-45-46(26-32)33-21-31(18-27(3)4)22-35(23-33)48-34-14-15-39-38-12-10-11-13-40(38)47(41(39)24-34)42-19-28(5)16-17-44-42;/h10-17,19-22,25-27H,8-9,18H2,1-7H3;/q-2;+2. The van der Waals surface area contributed by atoms with Gasteiger partial charge in [0.15, 0.2) is 0 Å². The molecule has 0 spiro atoms. The van der Waals surface area contributed by atoms with Crippen LogP contribution in [0, 0.1) is 38.8 Å². The van der Waals surface area contributed by atoms with Crippen molar-refractivity contribution in [2.75, 3.05) is 0 Å². The van der Waals surface area contributed by atoms with Crippen molar-refractivity contribution in [1.82, 2.24) is 19.3 Å². The first-order valence-electron chi connectivity index (χ1n) is 17.0. The zero-order valence-electron chi connectivity index (χ0n) is 29.3. The number of pyridine rings is 1. The molecule has 0 atom stereocenters. The molecule has 0 amide bonds. The summed E-state index contributed by atoms with van der Waals surface area (Å²) in [4.78, 5) is 4.72. The minimum absolute atomic E-state index is 0. The molecule has 6 heteroatoms. The number of aromatic nitrogens is 4. The van der Waals surface area contributed by atoms with Gasteiger partial charge in [0.1, 0.15) is 5.82 Å². The molecule has 250 valence electrons. The first-order chi connectivity index (χ1) is 23.2. The predicted molar refractivity (Wildman–Crippen MR) is 197 cm³/mol. The van der Waals surface area contributed by atoms with Gasteiger partial charge in [-0.15, -0.1) is 35.7 Å². The normalized spacial score (nSPS) is 11.4. The van der Waals surface area contributed by atoms with Crippen LogP contribution in [-0.4, -0.2) is 19.3 Å². The second-order valence-electron chi connectivity index (χ2n) is 13.3. The number of nitrogens with zero attached hydrogens (tertiary/aromatic N) is 4. The van der Waals surface area contributed by atoms with Crippen LogP contribution >= 0.6 is 0 Å². The van der Waals surface area contributed by atoms with Gasteiger partial charge in [0, 0.05) is 35.0 Å². The van der Waals surface area contributed by atoms with Crippen LogP contribution in [0.25, 0.3) is 44.4 Å². The summed E-state index contributed by atoms with van der Waals surface area (Å²) in [7, 11) is 0. The molecular formula is C43H42N4OPt. The first-order valence-corrected chi connectivity index (χ1v) is 17.0. The predicted octanol–water partition coefficient (Wildman–Crippen LogP) is 10.7. The molecule has 0 saturated heterocycles. The molecule has 0 bridgehead atoms. The van der Waals surface area contributed by atoms with Crippen molar-refractivity contribution in [3.63, 3.8) is 0 Å². The third-order valence-corrected chi connectivity index (χ3v) is 9.25. The number of fused-ring (bicyclic) bond motifs is 3. The fourth-order valence-electron chi connectivity index (χ4n) is 7.20. The van der Waals surface area contributed by atoms with Crippen LogP contribution in [0.5, 0.6) is 11.5 Å². The Hall–Kier alpha value is -4.47. The van der Waals surface area contributed by atoms with E-state index in [9.17, 15) is 0 Å².